The Morgan fingerprint density at radius 1 is 1.06 bits per heavy atom. The number of likely N-dealkylation sites (tertiary alicyclic amines) is 1. The van der Waals surface area contributed by atoms with Crippen LogP contribution < -0.4 is 0 Å². The monoisotopic (exact) mass is 452 g/mol. The van der Waals surface area contributed by atoms with E-state index >= 15 is 0 Å². The maximum absolute atomic E-state index is 13.4. The second-order valence-electron chi connectivity index (χ2n) is 8.12. The van der Waals surface area contributed by atoms with Crippen LogP contribution in [0.1, 0.15) is 27.9 Å². The van der Waals surface area contributed by atoms with Crippen molar-refractivity contribution in [2.45, 2.75) is 12.5 Å². The van der Waals surface area contributed by atoms with Crippen molar-refractivity contribution in [1.29, 1.82) is 0 Å². The van der Waals surface area contributed by atoms with Gasteiger partial charge in [-0.25, -0.2) is 0 Å². The number of hydrogen-bond donors (Lipinski definition) is 0. The molecule has 2 unspecified atom stereocenters. The Morgan fingerprint density at radius 2 is 1.88 bits per heavy atom. The fourth-order valence-corrected chi connectivity index (χ4v) is 5.42. The lowest BCUT2D eigenvalue weighted by Gasteiger charge is -2.29. The van der Waals surface area contributed by atoms with E-state index in [-0.39, 0.29) is 5.76 Å². The summed E-state index contributed by atoms with van der Waals surface area (Å²) in [6.07, 6.45) is 0.729. The number of benzene rings is 1. The van der Waals surface area contributed by atoms with Gasteiger partial charge in [-0.1, -0.05) is 24.3 Å². The van der Waals surface area contributed by atoms with Crippen LogP contribution in [0.3, 0.4) is 0 Å². The molecule has 2 atom stereocenters. The van der Waals surface area contributed by atoms with Gasteiger partial charge in [0.1, 0.15) is 11.5 Å². The number of furan rings is 1. The summed E-state index contributed by atoms with van der Waals surface area (Å²) < 4.78 is 11.1. The highest BCUT2D eigenvalue weighted by atomic mass is 32.1. The van der Waals surface area contributed by atoms with Gasteiger partial charge in [0.05, 0.1) is 19.3 Å². The van der Waals surface area contributed by atoms with Crippen molar-refractivity contribution in [3.05, 3.63) is 58.5 Å². The second kappa shape index (κ2) is 8.97. The van der Waals surface area contributed by atoms with Gasteiger partial charge < -0.3 is 14.1 Å². The topological polar surface area (TPSA) is 80.1 Å². The smallest absolute Gasteiger partial charge is 0.291 e. The molecule has 8 heteroatoms. The van der Waals surface area contributed by atoms with E-state index in [1.54, 1.807) is 17.0 Å². The first-order chi connectivity index (χ1) is 15.6. The quantitative estimate of drug-likeness (QED) is 0.311. The molecule has 2 fully saturated rings. The predicted molar refractivity (Wildman–Crippen MR) is 120 cm³/mol. The van der Waals surface area contributed by atoms with Gasteiger partial charge in [0.15, 0.2) is 5.76 Å². The number of hydrogen-bond acceptors (Lipinski definition) is 7. The van der Waals surface area contributed by atoms with Gasteiger partial charge in [-0.3, -0.25) is 19.3 Å². The van der Waals surface area contributed by atoms with E-state index in [1.165, 1.54) is 11.3 Å². The Morgan fingerprint density at radius 3 is 2.62 bits per heavy atom. The third kappa shape index (κ3) is 3.90. The van der Waals surface area contributed by atoms with Crippen LogP contribution in [-0.4, -0.2) is 66.7 Å². The number of fused-ring (bicyclic) bond motifs is 1. The summed E-state index contributed by atoms with van der Waals surface area (Å²) >= 11 is 1.46. The van der Waals surface area contributed by atoms with E-state index in [9.17, 15) is 14.4 Å². The molecule has 32 heavy (non-hydrogen) atoms. The molecule has 2 aliphatic heterocycles. The summed E-state index contributed by atoms with van der Waals surface area (Å²) in [5.74, 6) is -2.65. The average Bonchev–Trinajstić information content (AvgIpc) is 3.54. The molecular weight excluding hydrogens is 428 g/mol. The van der Waals surface area contributed by atoms with Crippen molar-refractivity contribution >= 4 is 39.8 Å². The van der Waals surface area contributed by atoms with Gasteiger partial charge in [-0.2, -0.15) is 0 Å². The highest BCUT2D eigenvalue weighted by Gasteiger charge is 2.52. The minimum absolute atomic E-state index is 0.120. The van der Waals surface area contributed by atoms with Gasteiger partial charge in [0.25, 0.3) is 5.91 Å². The molecule has 2 aromatic heterocycles. The number of morpholine rings is 1. The molecule has 166 valence electrons. The third-order valence-electron chi connectivity index (χ3n) is 6.17. The van der Waals surface area contributed by atoms with Crippen molar-refractivity contribution in [1.82, 2.24) is 9.80 Å². The van der Waals surface area contributed by atoms with Crippen LogP contribution >= 0.6 is 11.3 Å². The summed E-state index contributed by atoms with van der Waals surface area (Å²) in [6.45, 7) is 4.41. The number of rotatable bonds is 7. The fourth-order valence-electron chi connectivity index (χ4n) is 4.55. The Labute approximate surface area is 189 Å². The molecular formula is C24H24N2O5S. The van der Waals surface area contributed by atoms with E-state index in [0.717, 1.165) is 36.3 Å². The van der Waals surface area contributed by atoms with Gasteiger partial charge in [-0.05, 0) is 30.0 Å². The first kappa shape index (κ1) is 21.1. The molecule has 4 heterocycles. The van der Waals surface area contributed by atoms with E-state index in [1.807, 2.05) is 35.7 Å². The van der Waals surface area contributed by atoms with E-state index < -0.39 is 29.4 Å². The number of para-hydroxylation sites is 1. The summed E-state index contributed by atoms with van der Waals surface area (Å²) in [4.78, 5) is 44.2. The largest absolute Gasteiger partial charge is 0.453 e. The van der Waals surface area contributed by atoms with Crippen LogP contribution in [0.2, 0.25) is 0 Å². The van der Waals surface area contributed by atoms with Crippen molar-refractivity contribution in [3.8, 4) is 0 Å². The van der Waals surface area contributed by atoms with Gasteiger partial charge in [0.2, 0.25) is 11.6 Å². The lowest BCUT2D eigenvalue weighted by molar-refractivity contribution is -0.140. The highest BCUT2D eigenvalue weighted by molar-refractivity contribution is 7.10. The zero-order chi connectivity index (χ0) is 22.1. The zero-order valence-electron chi connectivity index (χ0n) is 17.6. The molecule has 0 spiro atoms. The lowest BCUT2D eigenvalue weighted by Crippen LogP contribution is -2.39. The molecule has 5 rings (SSSR count). The number of ketones is 2. The second-order valence-corrected chi connectivity index (χ2v) is 9.10. The lowest BCUT2D eigenvalue weighted by atomic mass is 9.91. The summed E-state index contributed by atoms with van der Waals surface area (Å²) in [6, 6.07) is 12.1. The molecule has 7 nitrogen and oxygen atoms in total. The molecule has 2 aliphatic rings. The minimum atomic E-state index is -1.09. The number of nitrogens with zero attached hydrogens (tertiary/aromatic N) is 2. The van der Waals surface area contributed by atoms with E-state index in [2.05, 4.69) is 4.90 Å². The zero-order valence-corrected chi connectivity index (χ0v) is 18.4. The molecule has 0 aliphatic carbocycles. The Balaban J connectivity index is 1.40. The first-order valence-corrected chi connectivity index (χ1v) is 11.7. The molecule has 1 aromatic carbocycles. The van der Waals surface area contributed by atoms with Crippen LogP contribution in [0.4, 0.5) is 0 Å². The maximum Gasteiger partial charge on any atom is 0.291 e. The number of carbonyl (C=O) groups excluding carboxylic acids is 3. The van der Waals surface area contributed by atoms with E-state index in [4.69, 9.17) is 9.15 Å². The minimum Gasteiger partial charge on any atom is -0.453 e. The number of thiophene rings is 1. The standard InChI is InChI=1S/C24H24N2O5S/c27-22(18-15-16-5-1-2-6-17(16)31-18)20-21(19-7-3-14-32-19)26(24(29)23(20)28)9-4-8-25-10-12-30-13-11-25/h1-3,5-7,14-15,20-21H,4,8-13H2. The van der Waals surface area contributed by atoms with Crippen LogP contribution in [0.15, 0.2) is 52.3 Å². The van der Waals surface area contributed by atoms with E-state index in [0.29, 0.717) is 25.3 Å². The highest BCUT2D eigenvalue weighted by Crippen LogP contribution is 2.40. The molecule has 0 N–H and O–H groups in total. The van der Waals surface area contributed by atoms with Crippen molar-refractivity contribution in [2.24, 2.45) is 5.92 Å². The molecule has 3 aromatic rings. The maximum atomic E-state index is 13.4. The number of carbonyl (C=O) groups is 3. The van der Waals surface area contributed by atoms with Crippen LogP contribution in [-0.2, 0) is 14.3 Å². The summed E-state index contributed by atoms with van der Waals surface area (Å²) in [5.41, 5.74) is 0.586. The number of ether oxygens (including phenoxy) is 1. The summed E-state index contributed by atoms with van der Waals surface area (Å²) in [5, 5.41) is 2.69. The fraction of sp³-hybridized carbons (Fsp3) is 0.375. The molecule has 0 radical (unpaired) electrons. The normalized spacial score (nSPS) is 22.2. The van der Waals surface area contributed by atoms with Crippen molar-refractivity contribution < 1.29 is 23.5 Å². The molecule has 1 amide bonds. The first-order valence-electron chi connectivity index (χ1n) is 10.8. The van der Waals surface area contributed by atoms with Crippen molar-refractivity contribution in [2.75, 3.05) is 39.4 Å². The Kier molecular flexibility index (Phi) is 5.91. The van der Waals surface area contributed by atoms with Crippen LogP contribution in [0, 0.1) is 5.92 Å². The summed E-state index contributed by atoms with van der Waals surface area (Å²) in [7, 11) is 0. The van der Waals surface area contributed by atoms with Gasteiger partial charge in [-0.15, -0.1) is 11.3 Å². The van der Waals surface area contributed by atoms with Crippen LogP contribution in [0.25, 0.3) is 11.0 Å². The average molecular weight is 453 g/mol. The Bertz CT molecular complexity index is 1100. The number of Topliss-reactive ketones (excluding diaryl/α,β-unsaturated/α-hetero) is 2. The SMILES string of the molecule is O=C1C(=O)N(CCCN2CCOCC2)C(c2cccs2)C1C(=O)c1cc2ccccc2o1. The third-order valence-corrected chi connectivity index (χ3v) is 7.11. The van der Waals surface area contributed by atoms with Gasteiger partial charge in [0, 0.05) is 36.4 Å². The van der Waals surface area contributed by atoms with Crippen molar-refractivity contribution in [3.63, 3.8) is 0 Å². The molecule has 2 saturated heterocycles. The molecule has 0 saturated carbocycles. The molecule has 0 bridgehead atoms. The van der Waals surface area contributed by atoms with Crippen LogP contribution in [0.5, 0.6) is 0 Å². The van der Waals surface area contributed by atoms with Gasteiger partial charge >= 0.3 is 0 Å². The number of amides is 1. The Hall–Kier alpha value is -2.81. The predicted octanol–water partition coefficient (Wildman–Crippen LogP) is 3.17.